The molecular weight excluding hydrogens is 358 g/mol. The summed E-state index contributed by atoms with van der Waals surface area (Å²) in [6.45, 7) is 6.87. The predicted octanol–water partition coefficient (Wildman–Crippen LogP) is 0.0411. The van der Waals surface area contributed by atoms with Gasteiger partial charge in [0.1, 0.15) is 0 Å². The zero-order valence-electron chi connectivity index (χ0n) is 16.9. The molecule has 1 aromatic carbocycles. The van der Waals surface area contributed by atoms with Gasteiger partial charge in [0.15, 0.2) is 0 Å². The van der Waals surface area contributed by atoms with E-state index < -0.39 is 6.04 Å². The second-order valence-corrected chi connectivity index (χ2v) is 7.59. The zero-order valence-corrected chi connectivity index (χ0v) is 16.9. The van der Waals surface area contributed by atoms with Crippen molar-refractivity contribution in [2.24, 2.45) is 11.7 Å². The van der Waals surface area contributed by atoms with Crippen LogP contribution in [0.25, 0.3) is 0 Å². The van der Waals surface area contributed by atoms with Gasteiger partial charge in [0.05, 0.1) is 19.0 Å². The number of amides is 3. The number of anilines is 1. The van der Waals surface area contributed by atoms with E-state index in [1.807, 2.05) is 30.9 Å². The topological polar surface area (TPSA) is 108 Å². The molecule has 0 aromatic heterocycles. The normalized spacial score (nSPS) is 16.0. The van der Waals surface area contributed by atoms with E-state index in [0.717, 1.165) is 31.7 Å². The predicted molar refractivity (Wildman–Crippen MR) is 109 cm³/mol. The van der Waals surface area contributed by atoms with Crippen LogP contribution < -0.4 is 16.4 Å². The maximum absolute atomic E-state index is 12.4. The molecule has 1 aromatic rings. The van der Waals surface area contributed by atoms with Gasteiger partial charge in [0.2, 0.25) is 17.7 Å². The third kappa shape index (κ3) is 6.61. The Morgan fingerprint density at radius 3 is 2.25 bits per heavy atom. The maximum atomic E-state index is 12.4. The number of rotatable bonds is 7. The van der Waals surface area contributed by atoms with Crippen LogP contribution in [0.3, 0.4) is 0 Å². The van der Waals surface area contributed by atoms with Crippen LogP contribution in [-0.2, 0) is 20.8 Å². The Morgan fingerprint density at radius 1 is 1.07 bits per heavy atom. The van der Waals surface area contributed by atoms with E-state index in [1.54, 1.807) is 12.1 Å². The van der Waals surface area contributed by atoms with Crippen LogP contribution in [0.5, 0.6) is 0 Å². The molecule has 8 heteroatoms. The minimum atomic E-state index is -0.634. The molecule has 1 fully saturated rings. The maximum Gasteiger partial charge on any atom is 0.243 e. The average Bonchev–Trinajstić information content (AvgIpc) is 2.67. The second-order valence-electron chi connectivity index (χ2n) is 7.59. The van der Waals surface area contributed by atoms with Gasteiger partial charge in [-0.3, -0.25) is 14.4 Å². The molecule has 1 atom stereocenters. The summed E-state index contributed by atoms with van der Waals surface area (Å²) in [4.78, 5) is 40.2. The molecule has 4 N–H and O–H groups in total. The standard InChI is InChI=1S/C20H31N5O3/c1-14(2)19(21)20(28)22-13-17(26)23-16-6-4-15(5-7-16)12-18(27)25-10-8-24(3)9-11-25/h4-7,14,19H,8-13,21H2,1-3H3,(H,22,28)(H,23,26)/t19-/m0/s1. The number of carbonyl (C=O) groups excluding carboxylic acids is 3. The van der Waals surface area contributed by atoms with Crippen molar-refractivity contribution in [1.82, 2.24) is 15.1 Å². The molecule has 8 nitrogen and oxygen atoms in total. The molecule has 2 rings (SSSR count). The van der Waals surface area contributed by atoms with Crippen molar-refractivity contribution in [3.8, 4) is 0 Å². The van der Waals surface area contributed by atoms with E-state index in [4.69, 9.17) is 5.73 Å². The fourth-order valence-electron chi connectivity index (χ4n) is 2.84. The summed E-state index contributed by atoms with van der Waals surface area (Å²) in [5.74, 6) is -0.549. The Morgan fingerprint density at radius 2 is 1.68 bits per heavy atom. The van der Waals surface area contributed by atoms with Crippen molar-refractivity contribution in [3.05, 3.63) is 29.8 Å². The quantitative estimate of drug-likeness (QED) is 0.610. The van der Waals surface area contributed by atoms with Crippen LogP contribution in [0.2, 0.25) is 0 Å². The zero-order chi connectivity index (χ0) is 20.7. The van der Waals surface area contributed by atoms with Crippen molar-refractivity contribution in [1.29, 1.82) is 0 Å². The molecule has 0 radical (unpaired) electrons. The van der Waals surface area contributed by atoms with E-state index >= 15 is 0 Å². The van der Waals surface area contributed by atoms with Gasteiger partial charge in [-0.1, -0.05) is 26.0 Å². The summed E-state index contributed by atoms with van der Waals surface area (Å²) in [6.07, 6.45) is 0.348. The van der Waals surface area contributed by atoms with E-state index in [9.17, 15) is 14.4 Å². The van der Waals surface area contributed by atoms with Gasteiger partial charge in [-0.25, -0.2) is 0 Å². The first-order valence-corrected chi connectivity index (χ1v) is 9.64. The van der Waals surface area contributed by atoms with Gasteiger partial charge in [-0.2, -0.15) is 0 Å². The van der Waals surface area contributed by atoms with Crippen molar-refractivity contribution >= 4 is 23.4 Å². The third-order valence-corrected chi connectivity index (χ3v) is 4.89. The van der Waals surface area contributed by atoms with Crippen molar-refractivity contribution in [2.45, 2.75) is 26.3 Å². The number of piperazine rings is 1. The van der Waals surface area contributed by atoms with Gasteiger partial charge >= 0.3 is 0 Å². The van der Waals surface area contributed by atoms with Crippen molar-refractivity contribution < 1.29 is 14.4 Å². The third-order valence-electron chi connectivity index (χ3n) is 4.89. The number of nitrogens with one attached hydrogen (secondary N) is 2. The molecule has 0 aliphatic carbocycles. The van der Waals surface area contributed by atoms with Gasteiger partial charge < -0.3 is 26.2 Å². The number of likely N-dealkylation sites (N-methyl/N-ethyl adjacent to an activating group) is 1. The number of benzene rings is 1. The molecule has 0 unspecified atom stereocenters. The van der Waals surface area contributed by atoms with Crippen molar-refractivity contribution in [2.75, 3.05) is 45.1 Å². The number of carbonyl (C=O) groups is 3. The lowest BCUT2D eigenvalue weighted by atomic mass is 10.1. The minimum absolute atomic E-state index is 0.00385. The fourth-order valence-corrected chi connectivity index (χ4v) is 2.84. The van der Waals surface area contributed by atoms with Crippen LogP contribution in [0.4, 0.5) is 5.69 Å². The second kappa shape index (κ2) is 10.2. The summed E-state index contributed by atoms with van der Waals surface area (Å²) < 4.78 is 0. The Labute approximate surface area is 166 Å². The highest BCUT2D eigenvalue weighted by molar-refractivity contribution is 5.95. The number of nitrogens with zero attached hydrogens (tertiary/aromatic N) is 2. The van der Waals surface area contributed by atoms with Crippen LogP contribution in [0.15, 0.2) is 24.3 Å². The van der Waals surface area contributed by atoms with Crippen LogP contribution >= 0.6 is 0 Å². The Bertz CT molecular complexity index is 682. The molecule has 0 bridgehead atoms. The lowest BCUT2D eigenvalue weighted by molar-refractivity contribution is -0.132. The number of hydrogen-bond acceptors (Lipinski definition) is 5. The summed E-state index contributed by atoms with van der Waals surface area (Å²) in [5, 5.41) is 5.25. The number of nitrogens with two attached hydrogens (primary N) is 1. The highest BCUT2D eigenvalue weighted by atomic mass is 16.2. The molecule has 154 valence electrons. The average molecular weight is 390 g/mol. The van der Waals surface area contributed by atoms with Gasteiger partial charge in [0, 0.05) is 31.9 Å². The Kier molecular flexibility index (Phi) is 7.95. The summed E-state index contributed by atoms with van der Waals surface area (Å²) in [7, 11) is 2.05. The fraction of sp³-hybridized carbons (Fsp3) is 0.550. The molecule has 1 aliphatic heterocycles. The highest BCUT2D eigenvalue weighted by Gasteiger charge is 2.19. The monoisotopic (exact) mass is 389 g/mol. The molecule has 0 saturated carbocycles. The van der Waals surface area contributed by atoms with Gasteiger partial charge in [-0.15, -0.1) is 0 Å². The molecule has 28 heavy (non-hydrogen) atoms. The highest BCUT2D eigenvalue weighted by Crippen LogP contribution is 2.12. The lowest BCUT2D eigenvalue weighted by Crippen LogP contribution is -2.47. The Balaban J connectivity index is 1.78. The van der Waals surface area contributed by atoms with E-state index in [-0.39, 0.29) is 30.2 Å². The minimum Gasteiger partial charge on any atom is -0.346 e. The lowest BCUT2D eigenvalue weighted by Gasteiger charge is -2.32. The van der Waals surface area contributed by atoms with Gasteiger partial charge in [-0.05, 0) is 30.7 Å². The summed E-state index contributed by atoms with van der Waals surface area (Å²) in [6, 6.07) is 6.54. The first-order valence-electron chi connectivity index (χ1n) is 9.64. The molecule has 1 heterocycles. The molecule has 1 saturated heterocycles. The SMILES string of the molecule is CC(C)[C@H](N)C(=O)NCC(=O)Nc1ccc(CC(=O)N2CCN(C)CC2)cc1. The molecule has 1 aliphatic rings. The number of hydrogen-bond donors (Lipinski definition) is 3. The molecule has 3 amide bonds. The first-order chi connectivity index (χ1) is 13.3. The van der Waals surface area contributed by atoms with Gasteiger partial charge in [0.25, 0.3) is 0 Å². The van der Waals surface area contributed by atoms with Crippen LogP contribution in [0, 0.1) is 5.92 Å². The van der Waals surface area contributed by atoms with Crippen LogP contribution in [0.1, 0.15) is 19.4 Å². The van der Waals surface area contributed by atoms with E-state index in [1.165, 1.54) is 0 Å². The van der Waals surface area contributed by atoms with Crippen LogP contribution in [-0.4, -0.2) is 73.3 Å². The van der Waals surface area contributed by atoms with Crippen molar-refractivity contribution in [3.63, 3.8) is 0 Å². The van der Waals surface area contributed by atoms with E-state index in [2.05, 4.69) is 22.6 Å². The first kappa shape index (κ1) is 21.8. The van der Waals surface area contributed by atoms with E-state index in [0.29, 0.717) is 12.1 Å². The Hall–Kier alpha value is -2.45. The largest absolute Gasteiger partial charge is 0.346 e. The summed E-state index contributed by atoms with van der Waals surface area (Å²) in [5.41, 5.74) is 7.25. The molecule has 0 spiro atoms. The molecular formula is C20H31N5O3. The summed E-state index contributed by atoms with van der Waals surface area (Å²) >= 11 is 0. The smallest absolute Gasteiger partial charge is 0.243 e.